The van der Waals surface area contributed by atoms with Crippen LogP contribution in [0.4, 0.5) is 17.1 Å². The Bertz CT molecular complexity index is 1200. The van der Waals surface area contributed by atoms with Gasteiger partial charge < -0.3 is 10.6 Å². The second-order valence-corrected chi connectivity index (χ2v) is 7.09. The average Bonchev–Trinajstić information content (AvgIpc) is 2.71. The number of hydrogen-bond donors (Lipinski definition) is 2. The molecule has 1 aromatic heterocycles. The largest absolute Gasteiger partial charge is 0.354 e. The molecule has 3 aromatic carbocycles. The molecule has 0 radical (unpaired) electrons. The SMILES string of the molecule is Cc1ccc(Nc2ccccc2NC(=O)c2ccc3nc(C)c(C)nc3c2)cc1. The lowest BCUT2D eigenvalue weighted by Crippen LogP contribution is -2.13. The Labute approximate surface area is 169 Å². The van der Waals surface area contributed by atoms with Crippen LogP contribution >= 0.6 is 0 Å². The summed E-state index contributed by atoms with van der Waals surface area (Å²) in [5, 5.41) is 6.36. The van der Waals surface area contributed by atoms with Crippen LogP contribution < -0.4 is 10.6 Å². The molecule has 5 nitrogen and oxygen atoms in total. The minimum Gasteiger partial charge on any atom is -0.354 e. The fourth-order valence-electron chi connectivity index (χ4n) is 3.06. The molecule has 0 atom stereocenters. The van der Waals surface area contributed by atoms with Crippen molar-refractivity contribution in [1.29, 1.82) is 0 Å². The third-order valence-electron chi connectivity index (χ3n) is 4.84. The molecular weight excluding hydrogens is 360 g/mol. The molecule has 2 N–H and O–H groups in total. The second-order valence-electron chi connectivity index (χ2n) is 7.09. The van der Waals surface area contributed by atoms with Gasteiger partial charge in [-0.05, 0) is 63.2 Å². The van der Waals surface area contributed by atoms with Crippen molar-refractivity contribution in [3.63, 3.8) is 0 Å². The van der Waals surface area contributed by atoms with Gasteiger partial charge in [-0.1, -0.05) is 29.8 Å². The van der Waals surface area contributed by atoms with E-state index in [1.54, 1.807) is 12.1 Å². The Morgan fingerprint density at radius 1 is 0.759 bits per heavy atom. The fraction of sp³-hybridized carbons (Fsp3) is 0.125. The van der Waals surface area contributed by atoms with E-state index in [4.69, 9.17) is 0 Å². The highest BCUT2D eigenvalue weighted by Gasteiger charge is 2.11. The van der Waals surface area contributed by atoms with Gasteiger partial charge in [-0.3, -0.25) is 4.79 Å². The zero-order valence-corrected chi connectivity index (χ0v) is 16.7. The van der Waals surface area contributed by atoms with Gasteiger partial charge in [0.2, 0.25) is 0 Å². The van der Waals surface area contributed by atoms with E-state index in [9.17, 15) is 4.79 Å². The Balaban J connectivity index is 1.59. The van der Waals surface area contributed by atoms with Gasteiger partial charge >= 0.3 is 0 Å². The molecule has 0 bridgehead atoms. The summed E-state index contributed by atoms with van der Waals surface area (Å²) in [7, 11) is 0. The molecule has 4 rings (SSSR count). The molecule has 0 saturated carbocycles. The summed E-state index contributed by atoms with van der Waals surface area (Å²) >= 11 is 0. The molecule has 29 heavy (non-hydrogen) atoms. The Morgan fingerprint density at radius 2 is 1.41 bits per heavy atom. The molecule has 0 aliphatic carbocycles. The van der Waals surface area contributed by atoms with E-state index in [0.717, 1.165) is 28.3 Å². The second kappa shape index (κ2) is 7.72. The van der Waals surface area contributed by atoms with Crippen molar-refractivity contribution in [1.82, 2.24) is 9.97 Å². The molecule has 1 amide bonds. The predicted octanol–water partition coefficient (Wildman–Crippen LogP) is 5.55. The highest BCUT2D eigenvalue weighted by Crippen LogP contribution is 2.26. The molecule has 4 aromatic rings. The van der Waals surface area contributed by atoms with Crippen LogP contribution in [0.25, 0.3) is 11.0 Å². The standard InChI is InChI=1S/C24H22N4O/c1-15-8-11-19(12-9-15)27-20-6-4-5-7-21(20)28-24(29)18-10-13-22-23(14-18)26-17(3)16(2)25-22/h4-14,27H,1-3H3,(H,28,29). The first kappa shape index (κ1) is 18.6. The predicted molar refractivity (Wildman–Crippen MR) is 118 cm³/mol. The van der Waals surface area contributed by atoms with Crippen LogP contribution in [0.1, 0.15) is 27.3 Å². The maximum atomic E-state index is 12.9. The van der Waals surface area contributed by atoms with Crippen LogP contribution in [0, 0.1) is 20.8 Å². The van der Waals surface area contributed by atoms with Crippen molar-refractivity contribution < 1.29 is 4.79 Å². The van der Waals surface area contributed by atoms with Crippen molar-refractivity contribution in [3.05, 3.63) is 89.2 Å². The summed E-state index contributed by atoms with van der Waals surface area (Å²) in [6, 6.07) is 21.2. The molecule has 0 saturated heterocycles. The van der Waals surface area contributed by atoms with Crippen molar-refractivity contribution in [3.8, 4) is 0 Å². The topological polar surface area (TPSA) is 66.9 Å². The van der Waals surface area contributed by atoms with Crippen LogP contribution in [0.3, 0.4) is 0 Å². The fourth-order valence-corrected chi connectivity index (χ4v) is 3.06. The van der Waals surface area contributed by atoms with Crippen LogP contribution in [0.5, 0.6) is 0 Å². The summed E-state index contributed by atoms with van der Waals surface area (Å²) in [6.07, 6.45) is 0. The maximum Gasteiger partial charge on any atom is 0.255 e. The van der Waals surface area contributed by atoms with E-state index < -0.39 is 0 Å². The van der Waals surface area contributed by atoms with Gasteiger partial charge in [0, 0.05) is 11.3 Å². The van der Waals surface area contributed by atoms with E-state index in [1.807, 2.05) is 68.4 Å². The molecule has 0 aliphatic heterocycles. The van der Waals surface area contributed by atoms with Gasteiger partial charge in [0.1, 0.15) is 0 Å². The summed E-state index contributed by atoms with van der Waals surface area (Å²) in [5.74, 6) is -0.190. The zero-order chi connectivity index (χ0) is 20.4. The molecule has 0 fully saturated rings. The number of amides is 1. The lowest BCUT2D eigenvalue weighted by Gasteiger charge is -2.13. The lowest BCUT2D eigenvalue weighted by molar-refractivity contribution is 0.102. The first-order valence-electron chi connectivity index (χ1n) is 9.49. The van der Waals surface area contributed by atoms with Crippen molar-refractivity contribution in [2.24, 2.45) is 0 Å². The number of nitrogens with zero attached hydrogens (tertiary/aromatic N) is 2. The molecule has 5 heteroatoms. The maximum absolute atomic E-state index is 12.9. The van der Waals surface area contributed by atoms with Gasteiger partial charge in [-0.25, -0.2) is 9.97 Å². The van der Waals surface area contributed by atoms with Gasteiger partial charge in [0.15, 0.2) is 0 Å². The van der Waals surface area contributed by atoms with Crippen LogP contribution in [0.15, 0.2) is 66.7 Å². The normalized spacial score (nSPS) is 10.7. The first-order chi connectivity index (χ1) is 14.0. The average molecular weight is 382 g/mol. The van der Waals surface area contributed by atoms with Gasteiger partial charge in [0.25, 0.3) is 5.91 Å². The highest BCUT2D eigenvalue weighted by molar-refractivity contribution is 6.07. The van der Waals surface area contributed by atoms with E-state index in [2.05, 4.69) is 27.5 Å². The number of aryl methyl sites for hydroxylation is 3. The Hall–Kier alpha value is -3.73. The van der Waals surface area contributed by atoms with E-state index >= 15 is 0 Å². The monoisotopic (exact) mass is 382 g/mol. The summed E-state index contributed by atoms with van der Waals surface area (Å²) in [5.41, 5.74) is 7.50. The lowest BCUT2D eigenvalue weighted by atomic mass is 10.1. The van der Waals surface area contributed by atoms with Gasteiger partial charge in [-0.2, -0.15) is 0 Å². The van der Waals surface area contributed by atoms with Crippen LogP contribution in [-0.2, 0) is 0 Å². The summed E-state index contributed by atoms with van der Waals surface area (Å²) < 4.78 is 0. The van der Waals surface area contributed by atoms with Gasteiger partial charge in [-0.15, -0.1) is 0 Å². The molecule has 1 heterocycles. The third kappa shape index (κ3) is 4.09. The van der Waals surface area contributed by atoms with Crippen LogP contribution in [0.2, 0.25) is 0 Å². The Kier molecular flexibility index (Phi) is 4.96. The van der Waals surface area contributed by atoms with Gasteiger partial charge in [0.05, 0.1) is 33.8 Å². The van der Waals surface area contributed by atoms with E-state index in [0.29, 0.717) is 16.8 Å². The number of fused-ring (bicyclic) bond motifs is 1. The number of carbonyl (C=O) groups excluding carboxylic acids is 1. The Morgan fingerprint density at radius 3 is 2.14 bits per heavy atom. The molecule has 144 valence electrons. The number of anilines is 3. The number of rotatable bonds is 4. The summed E-state index contributed by atoms with van der Waals surface area (Å²) in [6.45, 7) is 5.90. The third-order valence-corrected chi connectivity index (χ3v) is 4.84. The number of aromatic nitrogens is 2. The number of nitrogens with one attached hydrogen (secondary N) is 2. The number of para-hydroxylation sites is 2. The molecule has 0 unspecified atom stereocenters. The van der Waals surface area contributed by atoms with Crippen molar-refractivity contribution in [2.75, 3.05) is 10.6 Å². The molecule has 0 aliphatic rings. The van der Waals surface area contributed by atoms with Crippen LogP contribution in [-0.4, -0.2) is 15.9 Å². The molecule has 0 spiro atoms. The van der Waals surface area contributed by atoms with Crippen molar-refractivity contribution in [2.45, 2.75) is 20.8 Å². The number of hydrogen-bond acceptors (Lipinski definition) is 4. The first-order valence-corrected chi connectivity index (χ1v) is 9.49. The number of benzene rings is 3. The number of carbonyl (C=O) groups is 1. The highest BCUT2D eigenvalue weighted by atomic mass is 16.1. The minimum absolute atomic E-state index is 0.190. The van der Waals surface area contributed by atoms with E-state index in [-0.39, 0.29) is 5.91 Å². The minimum atomic E-state index is -0.190. The zero-order valence-electron chi connectivity index (χ0n) is 16.7. The molecular formula is C24H22N4O. The smallest absolute Gasteiger partial charge is 0.255 e. The van der Waals surface area contributed by atoms with Crippen molar-refractivity contribution >= 4 is 34.0 Å². The quantitative estimate of drug-likeness (QED) is 0.485. The summed E-state index contributed by atoms with van der Waals surface area (Å²) in [4.78, 5) is 21.9. The van der Waals surface area contributed by atoms with E-state index in [1.165, 1.54) is 5.56 Å².